The summed E-state index contributed by atoms with van der Waals surface area (Å²) in [6.45, 7) is 14.8. The summed E-state index contributed by atoms with van der Waals surface area (Å²) >= 11 is 0. The molecule has 37 heavy (non-hydrogen) atoms. The Balaban J connectivity index is 1.20. The second-order valence-electron chi connectivity index (χ2n) is 16.3. The number of aliphatic hydroxyl groups excluding tert-OH is 1. The molecule has 0 aromatic heterocycles. The Morgan fingerprint density at radius 2 is 1.73 bits per heavy atom. The largest absolute Gasteiger partial charge is 0.481 e. The van der Waals surface area contributed by atoms with Crippen LogP contribution in [0.4, 0.5) is 0 Å². The van der Waals surface area contributed by atoms with Crippen LogP contribution in [0.3, 0.4) is 0 Å². The highest BCUT2D eigenvalue weighted by Crippen LogP contribution is 2.71. The van der Waals surface area contributed by atoms with Gasteiger partial charge in [-0.1, -0.05) is 53.2 Å². The molecular weight excluding hydrogens is 456 g/mol. The summed E-state index contributed by atoms with van der Waals surface area (Å²) in [5, 5.41) is 20.9. The summed E-state index contributed by atoms with van der Waals surface area (Å²) in [6.07, 6.45) is 16.4. The molecule has 6 rings (SSSR count). The number of carboxylic acids is 1. The van der Waals surface area contributed by atoms with Crippen LogP contribution >= 0.6 is 0 Å². The molecule has 6 aliphatic carbocycles. The van der Waals surface area contributed by atoms with Crippen LogP contribution in [-0.2, 0) is 4.79 Å². The number of fused-ring (bicyclic) bond motifs is 7. The number of allylic oxidation sites excluding steroid dienone is 1. The molecule has 0 aromatic carbocycles. The van der Waals surface area contributed by atoms with Crippen LogP contribution in [0.5, 0.6) is 0 Å². The average molecular weight is 511 g/mol. The van der Waals surface area contributed by atoms with Crippen molar-refractivity contribution in [2.75, 3.05) is 0 Å². The zero-order valence-corrected chi connectivity index (χ0v) is 24.6. The van der Waals surface area contributed by atoms with Crippen LogP contribution in [0.1, 0.15) is 119 Å². The molecular formula is C34H54O3. The molecule has 0 heterocycles. The first-order valence-corrected chi connectivity index (χ1v) is 15.9. The lowest BCUT2D eigenvalue weighted by Crippen LogP contribution is -2.51. The van der Waals surface area contributed by atoms with Crippen molar-refractivity contribution in [3.63, 3.8) is 0 Å². The maximum Gasteiger partial charge on any atom is 0.306 e. The third-order valence-electron chi connectivity index (χ3n) is 15.1. The van der Waals surface area contributed by atoms with Crippen LogP contribution in [0.2, 0.25) is 0 Å². The van der Waals surface area contributed by atoms with Crippen molar-refractivity contribution in [3.05, 3.63) is 11.6 Å². The van der Waals surface area contributed by atoms with Crippen molar-refractivity contribution in [2.24, 2.45) is 69.0 Å². The molecule has 0 radical (unpaired) electrons. The van der Waals surface area contributed by atoms with E-state index in [1.54, 1.807) is 5.57 Å². The van der Waals surface area contributed by atoms with Crippen LogP contribution in [0, 0.1) is 69.0 Å². The zero-order chi connectivity index (χ0) is 26.5. The van der Waals surface area contributed by atoms with Gasteiger partial charge < -0.3 is 10.2 Å². The lowest BCUT2D eigenvalue weighted by atomic mass is 9.47. The summed E-state index contributed by atoms with van der Waals surface area (Å²) in [4.78, 5) is 12.8. The molecule has 5 saturated carbocycles. The molecule has 0 aliphatic heterocycles. The first-order chi connectivity index (χ1) is 17.3. The van der Waals surface area contributed by atoms with Gasteiger partial charge in [0.1, 0.15) is 0 Å². The van der Waals surface area contributed by atoms with E-state index < -0.39 is 5.97 Å². The van der Waals surface area contributed by atoms with E-state index in [4.69, 9.17) is 0 Å². The van der Waals surface area contributed by atoms with Gasteiger partial charge in [0, 0.05) is 0 Å². The van der Waals surface area contributed by atoms with E-state index >= 15 is 0 Å². The Morgan fingerprint density at radius 3 is 2.38 bits per heavy atom. The third kappa shape index (κ3) is 3.57. The Kier molecular flexibility index (Phi) is 6.12. The van der Waals surface area contributed by atoms with E-state index in [0.717, 1.165) is 49.9 Å². The summed E-state index contributed by atoms with van der Waals surface area (Å²) < 4.78 is 0. The summed E-state index contributed by atoms with van der Waals surface area (Å²) in [7, 11) is 0. The van der Waals surface area contributed by atoms with Gasteiger partial charge >= 0.3 is 5.97 Å². The first-order valence-electron chi connectivity index (χ1n) is 15.9. The molecule has 2 bridgehead atoms. The highest BCUT2D eigenvalue weighted by atomic mass is 16.4. The van der Waals surface area contributed by atoms with E-state index in [-0.39, 0.29) is 22.9 Å². The number of aliphatic hydroxyl groups is 1. The van der Waals surface area contributed by atoms with Crippen molar-refractivity contribution in [1.82, 2.24) is 0 Å². The molecule has 6 aliphatic rings. The van der Waals surface area contributed by atoms with Crippen molar-refractivity contribution in [1.29, 1.82) is 0 Å². The molecule has 0 aromatic rings. The van der Waals surface area contributed by atoms with Gasteiger partial charge in [-0.25, -0.2) is 0 Å². The number of hydrogen-bond acceptors (Lipinski definition) is 2. The molecule has 0 amide bonds. The molecule has 0 saturated heterocycles. The van der Waals surface area contributed by atoms with Crippen molar-refractivity contribution in [2.45, 2.75) is 125 Å². The van der Waals surface area contributed by atoms with E-state index in [1.165, 1.54) is 44.9 Å². The molecule has 2 N–H and O–H groups in total. The SMILES string of the molecule is C[C@H](C[C@@H](C(=O)O)C1CC2CCC1(C)C2(C)C)[C@H]1CC[C@H]2[C@@H]3CC=C4C[C@@H](O)CC[C@]4(C)[C@H]3CC[C@]12C. The van der Waals surface area contributed by atoms with Gasteiger partial charge in [0.05, 0.1) is 12.0 Å². The van der Waals surface area contributed by atoms with Crippen molar-refractivity contribution < 1.29 is 15.0 Å². The van der Waals surface area contributed by atoms with Crippen LogP contribution < -0.4 is 0 Å². The predicted octanol–water partition coefficient (Wildman–Crippen LogP) is 8.12. The second kappa shape index (κ2) is 8.58. The van der Waals surface area contributed by atoms with E-state index in [2.05, 4.69) is 47.6 Å². The van der Waals surface area contributed by atoms with Gasteiger partial charge in [-0.15, -0.1) is 0 Å². The molecule has 3 unspecified atom stereocenters. The van der Waals surface area contributed by atoms with Crippen LogP contribution in [0.15, 0.2) is 11.6 Å². The fourth-order valence-corrected chi connectivity index (χ4v) is 12.5. The monoisotopic (exact) mass is 510 g/mol. The summed E-state index contributed by atoms with van der Waals surface area (Å²) in [5.41, 5.74) is 2.67. The Morgan fingerprint density at radius 1 is 0.973 bits per heavy atom. The van der Waals surface area contributed by atoms with E-state index in [0.29, 0.717) is 34.5 Å². The zero-order valence-electron chi connectivity index (χ0n) is 24.6. The minimum atomic E-state index is -0.526. The maximum absolute atomic E-state index is 12.8. The average Bonchev–Trinajstić information content (AvgIpc) is 3.37. The van der Waals surface area contributed by atoms with Gasteiger partial charge in [0.25, 0.3) is 0 Å². The van der Waals surface area contributed by atoms with E-state index in [1.807, 2.05) is 0 Å². The quantitative estimate of drug-likeness (QED) is 0.367. The fraction of sp³-hybridized carbons (Fsp3) is 0.912. The molecule has 12 atom stereocenters. The fourth-order valence-electron chi connectivity index (χ4n) is 12.5. The van der Waals surface area contributed by atoms with Gasteiger partial charge in [-0.05, 0) is 140 Å². The predicted molar refractivity (Wildman–Crippen MR) is 149 cm³/mol. The number of aliphatic carboxylic acids is 1. The molecule has 0 spiro atoms. The minimum absolute atomic E-state index is 0.133. The van der Waals surface area contributed by atoms with Gasteiger partial charge in [0.2, 0.25) is 0 Å². The maximum atomic E-state index is 12.8. The lowest BCUT2D eigenvalue weighted by Gasteiger charge is -2.58. The number of hydrogen-bond donors (Lipinski definition) is 2. The minimum Gasteiger partial charge on any atom is -0.481 e. The summed E-state index contributed by atoms with van der Waals surface area (Å²) in [6, 6.07) is 0. The number of carbonyl (C=O) groups is 1. The molecule has 5 fully saturated rings. The summed E-state index contributed by atoms with van der Waals surface area (Å²) in [5.74, 6) is 3.80. The normalized spacial score (nSPS) is 51.5. The highest BCUT2D eigenvalue weighted by Gasteiger charge is 2.64. The standard InChI is InChI=1S/C34H54O3/c1-20(17-25(30(36)37)29-19-21-11-16-34(29,6)31(21,2)3)26-9-10-27-24-8-7-22-18-23(35)12-14-32(22,4)28(24)13-15-33(26,27)5/h7,20-21,23-29,35H,8-19H2,1-6H3,(H,36,37)/t20-,21?,23+,24+,25-,26-,27+,28+,29?,32+,33-,34?/m1/s1. The number of rotatable bonds is 5. The first kappa shape index (κ1) is 26.4. The van der Waals surface area contributed by atoms with Crippen molar-refractivity contribution in [3.8, 4) is 0 Å². The molecule has 3 heteroatoms. The van der Waals surface area contributed by atoms with Crippen LogP contribution in [-0.4, -0.2) is 22.3 Å². The third-order valence-corrected chi connectivity index (χ3v) is 15.1. The smallest absolute Gasteiger partial charge is 0.306 e. The van der Waals surface area contributed by atoms with Crippen LogP contribution in [0.25, 0.3) is 0 Å². The van der Waals surface area contributed by atoms with E-state index in [9.17, 15) is 15.0 Å². The lowest BCUT2D eigenvalue weighted by molar-refractivity contribution is -0.147. The highest BCUT2D eigenvalue weighted by molar-refractivity contribution is 5.70. The molecule has 3 nitrogen and oxygen atoms in total. The number of carboxylic acid groups (broad SMARTS) is 1. The topological polar surface area (TPSA) is 57.5 Å². The Labute approximate surface area is 226 Å². The second-order valence-corrected chi connectivity index (χ2v) is 16.3. The van der Waals surface area contributed by atoms with Gasteiger partial charge in [-0.3, -0.25) is 4.79 Å². The Hall–Kier alpha value is -0.830. The van der Waals surface area contributed by atoms with Crippen molar-refractivity contribution >= 4 is 5.97 Å². The Bertz CT molecular complexity index is 966. The van der Waals surface area contributed by atoms with Gasteiger partial charge in [-0.2, -0.15) is 0 Å². The molecule has 208 valence electrons. The van der Waals surface area contributed by atoms with Gasteiger partial charge in [0.15, 0.2) is 0 Å².